The van der Waals surface area contributed by atoms with Gasteiger partial charge in [0.2, 0.25) is 0 Å². The molecule has 2 aliphatic carbocycles. The SMILES string of the molecule is COCO[C@H]1C(=O)O[C@@H]2C[C@]13[C@H](C)C[C@@H](O)[C@]3(O)[C@]1(COC1=O)[C@@]2(C)O. The van der Waals surface area contributed by atoms with Gasteiger partial charge in [-0.25, -0.2) is 4.79 Å². The first kappa shape index (κ1) is 18.1. The van der Waals surface area contributed by atoms with Gasteiger partial charge in [-0.3, -0.25) is 4.79 Å². The Labute approximate surface area is 150 Å². The van der Waals surface area contributed by atoms with Crippen LogP contribution in [0.5, 0.6) is 0 Å². The number of cyclic esters (lactones) is 1. The van der Waals surface area contributed by atoms with Crippen molar-refractivity contribution in [3.8, 4) is 0 Å². The van der Waals surface area contributed by atoms with Gasteiger partial charge in [0.25, 0.3) is 0 Å². The summed E-state index contributed by atoms with van der Waals surface area (Å²) < 4.78 is 20.9. The highest BCUT2D eigenvalue weighted by Gasteiger charge is 2.89. The highest BCUT2D eigenvalue weighted by molar-refractivity contribution is 5.88. The van der Waals surface area contributed by atoms with E-state index in [4.69, 9.17) is 18.9 Å². The number of rotatable bonds is 3. The topological polar surface area (TPSA) is 132 Å². The van der Waals surface area contributed by atoms with E-state index in [1.54, 1.807) is 6.92 Å². The van der Waals surface area contributed by atoms with Crippen molar-refractivity contribution in [2.75, 3.05) is 20.5 Å². The summed E-state index contributed by atoms with van der Waals surface area (Å²) >= 11 is 0. The fraction of sp³-hybridized carbons (Fsp3) is 0.882. The third kappa shape index (κ3) is 1.57. The van der Waals surface area contributed by atoms with Crippen LogP contribution in [0.1, 0.15) is 26.7 Å². The van der Waals surface area contributed by atoms with Gasteiger partial charge in [0, 0.05) is 12.5 Å². The zero-order valence-electron chi connectivity index (χ0n) is 14.9. The van der Waals surface area contributed by atoms with Crippen molar-refractivity contribution in [2.24, 2.45) is 16.7 Å². The molecule has 2 heterocycles. The van der Waals surface area contributed by atoms with E-state index < -0.39 is 52.3 Å². The monoisotopic (exact) mass is 372 g/mol. The van der Waals surface area contributed by atoms with Crippen LogP contribution in [0.4, 0.5) is 0 Å². The molecule has 2 spiro atoms. The molecule has 0 aromatic carbocycles. The zero-order chi connectivity index (χ0) is 19.1. The van der Waals surface area contributed by atoms with Gasteiger partial charge in [0.05, 0.1) is 6.10 Å². The van der Waals surface area contributed by atoms with Crippen molar-refractivity contribution in [1.82, 2.24) is 0 Å². The molecule has 0 amide bonds. The van der Waals surface area contributed by atoms with Crippen LogP contribution >= 0.6 is 0 Å². The lowest BCUT2D eigenvalue weighted by molar-refractivity contribution is -0.376. The van der Waals surface area contributed by atoms with Crippen molar-refractivity contribution < 1.29 is 43.9 Å². The third-order valence-electron chi connectivity index (χ3n) is 7.37. The third-order valence-corrected chi connectivity index (χ3v) is 7.37. The average Bonchev–Trinajstić information content (AvgIpc) is 2.74. The molecule has 8 atom stereocenters. The molecule has 9 nitrogen and oxygen atoms in total. The maximum absolute atomic E-state index is 12.7. The highest BCUT2D eigenvalue weighted by Crippen LogP contribution is 2.72. The van der Waals surface area contributed by atoms with E-state index in [0.717, 1.165) is 0 Å². The number of carbonyl (C=O) groups is 2. The first-order chi connectivity index (χ1) is 12.1. The zero-order valence-corrected chi connectivity index (χ0v) is 14.9. The van der Waals surface area contributed by atoms with Gasteiger partial charge in [-0.15, -0.1) is 0 Å². The summed E-state index contributed by atoms with van der Waals surface area (Å²) in [6.07, 6.45) is -3.40. The van der Waals surface area contributed by atoms with Gasteiger partial charge in [-0.1, -0.05) is 6.92 Å². The van der Waals surface area contributed by atoms with Crippen molar-refractivity contribution in [1.29, 1.82) is 0 Å². The van der Waals surface area contributed by atoms with E-state index in [0.29, 0.717) is 0 Å². The second-order valence-electron chi connectivity index (χ2n) is 8.17. The van der Waals surface area contributed by atoms with Crippen LogP contribution in [-0.2, 0) is 28.5 Å². The van der Waals surface area contributed by atoms with Crippen molar-refractivity contribution >= 4 is 11.9 Å². The van der Waals surface area contributed by atoms with Crippen molar-refractivity contribution in [2.45, 2.75) is 56.2 Å². The predicted molar refractivity (Wildman–Crippen MR) is 82.4 cm³/mol. The van der Waals surface area contributed by atoms with Crippen LogP contribution in [0.3, 0.4) is 0 Å². The molecular formula is C17H24O9. The van der Waals surface area contributed by atoms with Crippen molar-refractivity contribution in [3.05, 3.63) is 0 Å². The number of aliphatic hydroxyl groups is 3. The number of fused-ring (bicyclic) bond motifs is 2. The number of hydrogen-bond acceptors (Lipinski definition) is 9. The van der Waals surface area contributed by atoms with Gasteiger partial charge in [0.15, 0.2) is 11.5 Å². The number of methoxy groups -OCH3 is 1. The normalized spacial score (nSPS) is 55.2. The molecule has 2 bridgehead atoms. The fourth-order valence-electron chi connectivity index (χ4n) is 5.99. The van der Waals surface area contributed by atoms with Crippen LogP contribution in [-0.4, -0.2) is 77.3 Å². The van der Waals surface area contributed by atoms with Crippen LogP contribution in [0.25, 0.3) is 0 Å². The summed E-state index contributed by atoms with van der Waals surface area (Å²) in [7, 11) is 1.39. The summed E-state index contributed by atoms with van der Waals surface area (Å²) in [4.78, 5) is 25.3. The Bertz CT molecular complexity index is 663. The minimum absolute atomic E-state index is 0.0594. The summed E-state index contributed by atoms with van der Waals surface area (Å²) in [5.74, 6) is -1.93. The van der Waals surface area contributed by atoms with E-state index in [1.165, 1.54) is 14.0 Å². The molecule has 0 aromatic rings. The Morgan fingerprint density at radius 3 is 2.54 bits per heavy atom. The molecule has 9 heteroatoms. The summed E-state index contributed by atoms with van der Waals surface area (Å²) in [5, 5.41) is 33.9. The molecule has 2 saturated carbocycles. The minimum atomic E-state index is -2.10. The minimum Gasteiger partial charge on any atom is -0.464 e. The standard InChI is InChI=1S/C17H24O9/c1-8-4-9(18)17(22)15(8)5-10(26-12(19)11(15)25-7-23-3)14(2,21)16(17)6-24-13(16)20/h8-11,18,21-22H,4-7H2,1-3H3/t8-,9-,10-,11+,14+,15+,16+,17-/m1/s1. The Hall–Kier alpha value is -1.26. The van der Waals surface area contributed by atoms with Crippen molar-refractivity contribution in [3.63, 3.8) is 0 Å². The Kier molecular flexibility index (Phi) is 3.60. The molecular weight excluding hydrogens is 348 g/mol. The summed E-state index contributed by atoms with van der Waals surface area (Å²) in [5.41, 5.74) is -7.12. The van der Waals surface area contributed by atoms with Gasteiger partial charge in [-0.2, -0.15) is 0 Å². The molecule has 4 fully saturated rings. The summed E-state index contributed by atoms with van der Waals surface area (Å²) in [6, 6.07) is 0. The number of carbonyl (C=O) groups excluding carboxylic acids is 2. The smallest absolute Gasteiger partial charge is 0.336 e. The van der Waals surface area contributed by atoms with E-state index in [9.17, 15) is 24.9 Å². The number of ether oxygens (including phenoxy) is 4. The second kappa shape index (κ2) is 5.17. The average molecular weight is 372 g/mol. The molecule has 0 aromatic heterocycles. The molecule has 2 saturated heterocycles. The maximum atomic E-state index is 12.7. The van der Waals surface area contributed by atoms with E-state index >= 15 is 0 Å². The number of esters is 2. The lowest BCUT2D eigenvalue weighted by atomic mass is 9.42. The molecule has 4 aliphatic rings. The Morgan fingerprint density at radius 2 is 2.00 bits per heavy atom. The Balaban J connectivity index is 1.96. The number of aliphatic hydroxyl groups excluding tert-OH is 1. The molecule has 0 unspecified atom stereocenters. The molecule has 4 rings (SSSR count). The molecule has 2 aliphatic heterocycles. The van der Waals surface area contributed by atoms with Crippen LogP contribution < -0.4 is 0 Å². The predicted octanol–water partition coefficient (Wildman–Crippen LogP) is -1.28. The highest BCUT2D eigenvalue weighted by atomic mass is 16.7. The lowest BCUT2D eigenvalue weighted by Gasteiger charge is -2.69. The maximum Gasteiger partial charge on any atom is 0.336 e. The lowest BCUT2D eigenvalue weighted by Crippen LogP contribution is -2.88. The van der Waals surface area contributed by atoms with Gasteiger partial charge >= 0.3 is 11.9 Å². The quantitative estimate of drug-likeness (QED) is 0.409. The van der Waals surface area contributed by atoms with Crippen LogP contribution in [0.15, 0.2) is 0 Å². The van der Waals surface area contributed by atoms with Gasteiger partial charge in [0.1, 0.15) is 30.7 Å². The Morgan fingerprint density at radius 1 is 1.31 bits per heavy atom. The molecule has 146 valence electrons. The van der Waals surface area contributed by atoms with Gasteiger partial charge in [-0.05, 0) is 25.7 Å². The molecule has 3 N–H and O–H groups in total. The second-order valence-corrected chi connectivity index (χ2v) is 8.17. The first-order valence-electron chi connectivity index (χ1n) is 8.72. The van der Waals surface area contributed by atoms with Crippen LogP contribution in [0, 0.1) is 16.7 Å². The van der Waals surface area contributed by atoms with Crippen LogP contribution in [0.2, 0.25) is 0 Å². The first-order valence-corrected chi connectivity index (χ1v) is 8.72. The van der Waals surface area contributed by atoms with E-state index in [-0.39, 0.29) is 32.2 Å². The van der Waals surface area contributed by atoms with E-state index in [2.05, 4.69) is 0 Å². The van der Waals surface area contributed by atoms with E-state index in [1.807, 2.05) is 0 Å². The largest absolute Gasteiger partial charge is 0.464 e. The summed E-state index contributed by atoms with van der Waals surface area (Å²) in [6.45, 7) is 2.64. The van der Waals surface area contributed by atoms with Gasteiger partial charge < -0.3 is 34.3 Å². The fourth-order valence-corrected chi connectivity index (χ4v) is 5.99. The molecule has 26 heavy (non-hydrogen) atoms. The molecule has 0 radical (unpaired) electrons. The number of hydrogen-bond donors (Lipinski definition) is 3.